The second kappa shape index (κ2) is 5.69. The normalized spacial score (nSPS) is 10.1. The molecule has 94 valence electrons. The molecule has 0 saturated heterocycles. The molecule has 0 amide bonds. The summed E-state index contributed by atoms with van der Waals surface area (Å²) in [7, 11) is 1.56. The molecule has 2 aromatic rings. The van der Waals surface area contributed by atoms with Gasteiger partial charge in [0, 0.05) is 4.88 Å². The molecule has 0 atom stereocenters. The van der Waals surface area contributed by atoms with Crippen molar-refractivity contribution in [1.82, 2.24) is 0 Å². The lowest BCUT2D eigenvalue weighted by Crippen LogP contribution is -2.07. The summed E-state index contributed by atoms with van der Waals surface area (Å²) in [5.74, 6) is 0.747. The van der Waals surface area contributed by atoms with Crippen LogP contribution in [-0.4, -0.2) is 13.1 Å². The first-order valence-electron chi connectivity index (χ1n) is 5.68. The second-order valence-electron chi connectivity index (χ2n) is 3.67. The van der Waals surface area contributed by atoms with E-state index in [0.29, 0.717) is 16.4 Å². The summed E-state index contributed by atoms with van der Waals surface area (Å²) in [5.41, 5.74) is 0. The van der Waals surface area contributed by atoms with Gasteiger partial charge in [0.25, 0.3) is 0 Å². The van der Waals surface area contributed by atoms with Crippen LogP contribution in [0.2, 0.25) is 0 Å². The smallest absolute Gasteiger partial charge is 0.357 e. The van der Waals surface area contributed by atoms with Gasteiger partial charge in [0.15, 0.2) is 4.88 Å². The Morgan fingerprint density at radius 2 is 2.00 bits per heavy atom. The number of hydrogen-bond donors (Lipinski definition) is 0. The van der Waals surface area contributed by atoms with E-state index in [1.54, 1.807) is 19.2 Å². The molecule has 0 aliphatic rings. The Morgan fingerprint density at radius 1 is 1.28 bits per heavy atom. The Labute approximate surface area is 110 Å². The van der Waals surface area contributed by atoms with E-state index in [9.17, 15) is 4.79 Å². The van der Waals surface area contributed by atoms with Crippen molar-refractivity contribution in [3.63, 3.8) is 0 Å². The highest BCUT2D eigenvalue weighted by Crippen LogP contribution is 2.30. The lowest BCUT2D eigenvalue weighted by atomic mass is 10.3. The third-order valence-electron chi connectivity index (χ3n) is 2.46. The van der Waals surface area contributed by atoms with Gasteiger partial charge in [-0.05, 0) is 24.6 Å². The Balaban J connectivity index is 2.20. The largest absolute Gasteiger partial charge is 0.495 e. The number of para-hydroxylation sites is 1. The van der Waals surface area contributed by atoms with E-state index in [-0.39, 0.29) is 5.97 Å². The van der Waals surface area contributed by atoms with Gasteiger partial charge in [-0.1, -0.05) is 25.1 Å². The van der Waals surface area contributed by atoms with Crippen LogP contribution in [0.15, 0.2) is 36.4 Å². The molecule has 0 spiro atoms. The average molecular weight is 262 g/mol. The van der Waals surface area contributed by atoms with Gasteiger partial charge in [0.2, 0.25) is 0 Å². The first kappa shape index (κ1) is 12.6. The van der Waals surface area contributed by atoms with Gasteiger partial charge >= 0.3 is 5.97 Å². The van der Waals surface area contributed by atoms with Crippen molar-refractivity contribution in [1.29, 1.82) is 0 Å². The average Bonchev–Trinajstić information content (AvgIpc) is 2.83. The Morgan fingerprint density at radius 3 is 2.61 bits per heavy atom. The van der Waals surface area contributed by atoms with Crippen molar-refractivity contribution < 1.29 is 14.3 Å². The third kappa shape index (κ3) is 2.71. The number of carbonyl (C=O) groups excluding carboxylic acids is 1. The maximum absolute atomic E-state index is 12.0. The number of benzene rings is 1. The van der Waals surface area contributed by atoms with E-state index in [4.69, 9.17) is 9.47 Å². The minimum Gasteiger partial charge on any atom is -0.495 e. The summed E-state index contributed by atoms with van der Waals surface area (Å²) >= 11 is 1.41. The molecule has 18 heavy (non-hydrogen) atoms. The summed E-state index contributed by atoms with van der Waals surface area (Å²) in [6.07, 6.45) is 0.875. The minimum atomic E-state index is -0.372. The van der Waals surface area contributed by atoms with Crippen molar-refractivity contribution in [3.8, 4) is 11.5 Å². The van der Waals surface area contributed by atoms with Gasteiger partial charge < -0.3 is 9.47 Å². The molecular formula is C14H14O3S. The number of thiophene rings is 1. The lowest BCUT2D eigenvalue weighted by molar-refractivity contribution is 0.0737. The highest BCUT2D eigenvalue weighted by atomic mass is 32.1. The van der Waals surface area contributed by atoms with Crippen LogP contribution in [-0.2, 0) is 6.42 Å². The molecule has 0 radical (unpaired) electrons. The molecule has 0 unspecified atom stereocenters. The van der Waals surface area contributed by atoms with Gasteiger partial charge in [0.05, 0.1) is 7.11 Å². The van der Waals surface area contributed by atoms with Crippen LogP contribution in [0.25, 0.3) is 0 Å². The van der Waals surface area contributed by atoms with Crippen LogP contribution < -0.4 is 9.47 Å². The van der Waals surface area contributed by atoms with Crippen LogP contribution >= 0.6 is 11.3 Å². The van der Waals surface area contributed by atoms with E-state index in [1.165, 1.54) is 11.3 Å². The van der Waals surface area contributed by atoms with Gasteiger partial charge in [0.1, 0.15) is 11.5 Å². The SMILES string of the molecule is CCc1cc(OC)c(C(=O)Oc2ccccc2)s1. The molecule has 4 heteroatoms. The predicted molar refractivity (Wildman–Crippen MR) is 71.6 cm³/mol. The minimum absolute atomic E-state index is 0.372. The van der Waals surface area contributed by atoms with Gasteiger partial charge in [-0.2, -0.15) is 0 Å². The number of methoxy groups -OCH3 is 1. The van der Waals surface area contributed by atoms with E-state index in [2.05, 4.69) is 0 Å². The Bertz CT molecular complexity index is 531. The van der Waals surface area contributed by atoms with Crippen molar-refractivity contribution in [2.24, 2.45) is 0 Å². The van der Waals surface area contributed by atoms with Crippen LogP contribution in [0.4, 0.5) is 0 Å². The standard InChI is InChI=1S/C14H14O3S/c1-3-11-9-12(16-2)13(18-11)14(15)17-10-7-5-4-6-8-10/h4-9H,3H2,1-2H3. The molecular weight excluding hydrogens is 248 g/mol. The predicted octanol–water partition coefficient (Wildman–Crippen LogP) is 3.54. The summed E-state index contributed by atoms with van der Waals surface area (Å²) in [5, 5.41) is 0. The molecule has 0 bridgehead atoms. The molecule has 0 fully saturated rings. The Hall–Kier alpha value is -1.81. The topological polar surface area (TPSA) is 35.5 Å². The van der Waals surface area contributed by atoms with E-state index < -0.39 is 0 Å². The maximum atomic E-state index is 12.0. The molecule has 1 aromatic heterocycles. The van der Waals surface area contributed by atoms with Crippen LogP contribution in [0.1, 0.15) is 21.5 Å². The Kier molecular flexibility index (Phi) is 3.99. The highest BCUT2D eigenvalue weighted by Gasteiger charge is 2.18. The fraction of sp³-hybridized carbons (Fsp3) is 0.214. The lowest BCUT2D eigenvalue weighted by Gasteiger charge is -2.03. The molecule has 0 saturated carbocycles. The van der Waals surface area contributed by atoms with Crippen molar-refractivity contribution in [2.75, 3.05) is 7.11 Å². The fourth-order valence-corrected chi connectivity index (χ4v) is 2.47. The van der Waals surface area contributed by atoms with Crippen LogP contribution in [0.5, 0.6) is 11.5 Å². The molecule has 0 aliphatic carbocycles. The number of hydrogen-bond acceptors (Lipinski definition) is 4. The maximum Gasteiger partial charge on any atom is 0.357 e. The third-order valence-corrected chi connectivity index (χ3v) is 3.70. The number of ether oxygens (including phenoxy) is 2. The van der Waals surface area contributed by atoms with Crippen molar-refractivity contribution in [2.45, 2.75) is 13.3 Å². The summed E-state index contributed by atoms with van der Waals surface area (Å²) < 4.78 is 10.5. The summed E-state index contributed by atoms with van der Waals surface area (Å²) in [6.45, 7) is 2.04. The van der Waals surface area contributed by atoms with Crippen LogP contribution in [0.3, 0.4) is 0 Å². The second-order valence-corrected chi connectivity index (χ2v) is 4.80. The van der Waals surface area contributed by atoms with Crippen LogP contribution in [0, 0.1) is 0 Å². The first-order chi connectivity index (χ1) is 8.74. The zero-order valence-electron chi connectivity index (χ0n) is 10.3. The van der Waals surface area contributed by atoms with E-state index in [0.717, 1.165) is 11.3 Å². The van der Waals surface area contributed by atoms with E-state index >= 15 is 0 Å². The summed E-state index contributed by atoms with van der Waals surface area (Å²) in [6, 6.07) is 10.9. The van der Waals surface area contributed by atoms with Gasteiger partial charge in [-0.25, -0.2) is 4.79 Å². The molecule has 0 aliphatic heterocycles. The number of rotatable bonds is 4. The zero-order valence-corrected chi connectivity index (χ0v) is 11.1. The molecule has 0 N–H and O–H groups in total. The number of carbonyl (C=O) groups is 1. The summed E-state index contributed by atoms with van der Waals surface area (Å²) in [4.78, 5) is 13.6. The van der Waals surface area contributed by atoms with Crippen molar-refractivity contribution in [3.05, 3.63) is 46.2 Å². The first-order valence-corrected chi connectivity index (χ1v) is 6.50. The highest BCUT2D eigenvalue weighted by molar-refractivity contribution is 7.14. The fourth-order valence-electron chi connectivity index (χ4n) is 1.53. The molecule has 3 nitrogen and oxygen atoms in total. The van der Waals surface area contributed by atoms with Gasteiger partial charge in [-0.15, -0.1) is 11.3 Å². The quantitative estimate of drug-likeness (QED) is 0.624. The molecule has 2 rings (SSSR count). The van der Waals surface area contributed by atoms with Crippen molar-refractivity contribution >= 4 is 17.3 Å². The number of esters is 1. The molecule has 1 heterocycles. The van der Waals surface area contributed by atoms with E-state index in [1.807, 2.05) is 31.2 Å². The number of aryl methyl sites for hydroxylation is 1. The molecule has 1 aromatic carbocycles. The zero-order chi connectivity index (χ0) is 13.0. The van der Waals surface area contributed by atoms with Gasteiger partial charge in [-0.3, -0.25) is 0 Å². The monoisotopic (exact) mass is 262 g/mol.